The summed E-state index contributed by atoms with van der Waals surface area (Å²) in [4.78, 5) is 0. The van der Waals surface area contributed by atoms with Gasteiger partial charge in [0.25, 0.3) is 0 Å². The second-order valence-corrected chi connectivity index (χ2v) is 4.66. The van der Waals surface area contributed by atoms with Gasteiger partial charge >= 0.3 is 6.18 Å². The summed E-state index contributed by atoms with van der Waals surface area (Å²) in [6.07, 6.45) is -3.64. The lowest BCUT2D eigenvalue weighted by molar-refractivity contribution is -0.139. The monoisotopic (exact) mass is 259 g/mol. The maximum absolute atomic E-state index is 12.5. The molecule has 0 amide bonds. The molecule has 0 bridgehead atoms. The Labute approximate surface area is 106 Å². The summed E-state index contributed by atoms with van der Waals surface area (Å²) in [6, 6.07) is 7.12. The summed E-state index contributed by atoms with van der Waals surface area (Å²) in [5.41, 5.74) is 2.03. The van der Waals surface area contributed by atoms with Gasteiger partial charge in [0.1, 0.15) is 0 Å². The first-order chi connectivity index (χ1) is 8.40. The fourth-order valence-electron chi connectivity index (χ4n) is 1.97. The molecule has 0 fully saturated rings. The predicted octanol–water partition coefficient (Wildman–Crippen LogP) is 3.86. The maximum atomic E-state index is 12.5. The summed E-state index contributed by atoms with van der Waals surface area (Å²) in [7, 11) is 0. The predicted molar refractivity (Wildman–Crippen MR) is 67.6 cm³/mol. The number of nitrogens with one attached hydrogen (secondary N) is 1. The topological polar surface area (TPSA) is 12.0 Å². The smallest absolute Gasteiger partial charge is 0.313 e. The average molecular weight is 259 g/mol. The Hall–Kier alpha value is -1.03. The minimum atomic E-state index is -4.12. The van der Waals surface area contributed by atoms with E-state index in [1.807, 2.05) is 38.1 Å². The van der Waals surface area contributed by atoms with E-state index >= 15 is 0 Å². The Bertz CT molecular complexity index is 360. The van der Waals surface area contributed by atoms with Gasteiger partial charge in [0.2, 0.25) is 0 Å². The van der Waals surface area contributed by atoms with E-state index in [9.17, 15) is 13.2 Å². The van der Waals surface area contributed by atoms with Gasteiger partial charge in [0, 0.05) is 6.04 Å². The number of benzene rings is 1. The number of aryl methyl sites for hydroxylation is 1. The van der Waals surface area contributed by atoms with Crippen LogP contribution in [0, 0.1) is 6.92 Å². The third-order valence-electron chi connectivity index (χ3n) is 2.73. The second-order valence-electron chi connectivity index (χ2n) is 4.66. The molecule has 1 aromatic carbocycles. The molecular formula is C14H20F3N. The molecule has 1 N–H and O–H groups in total. The van der Waals surface area contributed by atoms with Crippen molar-refractivity contribution in [3.05, 3.63) is 35.4 Å². The highest BCUT2D eigenvalue weighted by molar-refractivity contribution is 5.23. The fourth-order valence-corrected chi connectivity index (χ4v) is 1.97. The van der Waals surface area contributed by atoms with Gasteiger partial charge in [-0.25, -0.2) is 0 Å². The zero-order valence-electron chi connectivity index (χ0n) is 10.8. The molecule has 1 nitrogen and oxygen atoms in total. The number of hydrogen-bond donors (Lipinski definition) is 1. The van der Waals surface area contributed by atoms with Crippen LogP contribution in [0.25, 0.3) is 0 Å². The van der Waals surface area contributed by atoms with Crippen LogP contribution in [0.15, 0.2) is 24.3 Å². The van der Waals surface area contributed by atoms with E-state index in [2.05, 4.69) is 5.32 Å². The average Bonchev–Trinajstić information content (AvgIpc) is 2.24. The van der Waals surface area contributed by atoms with E-state index in [1.54, 1.807) is 0 Å². The van der Waals surface area contributed by atoms with Gasteiger partial charge in [-0.3, -0.25) is 0 Å². The van der Waals surface area contributed by atoms with Crippen LogP contribution in [-0.2, 0) is 6.42 Å². The first-order valence-electron chi connectivity index (χ1n) is 6.26. The maximum Gasteiger partial charge on any atom is 0.390 e. The van der Waals surface area contributed by atoms with Crippen molar-refractivity contribution >= 4 is 0 Å². The van der Waals surface area contributed by atoms with Gasteiger partial charge in [0.15, 0.2) is 0 Å². The lowest BCUT2D eigenvalue weighted by Gasteiger charge is -2.20. The highest BCUT2D eigenvalue weighted by Crippen LogP contribution is 2.23. The molecule has 0 spiro atoms. The molecule has 0 aromatic heterocycles. The summed E-state index contributed by atoms with van der Waals surface area (Å²) < 4.78 is 37.4. The molecule has 0 saturated carbocycles. The number of rotatable bonds is 6. The molecule has 18 heavy (non-hydrogen) atoms. The largest absolute Gasteiger partial charge is 0.390 e. The van der Waals surface area contributed by atoms with E-state index < -0.39 is 18.6 Å². The Morgan fingerprint density at radius 3 is 2.56 bits per heavy atom. The van der Waals surface area contributed by atoms with Gasteiger partial charge < -0.3 is 5.32 Å². The standard InChI is InChI=1S/C14H20F3N/c1-3-7-18-13(10-14(15,16)17)9-12-6-4-5-11(2)8-12/h4-6,8,13,18H,3,7,9-10H2,1-2H3. The Balaban J connectivity index is 2.65. The molecule has 102 valence electrons. The third kappa shape index (κ3) is 6.05. The van der Waals surface area contributed by atoms with Crippen LogP contribution < -0.4 is 5.32 Å². The van der Waals surface area contributed by atoms with Crippen molar-refractivity contribution in [2.24, 2.45) is 0 Å². The van der Waals surface area contributed by atoms with Crippen molar-refractivity contribution < 1.29 is 13.2 Å². The van der Waals surface area contributed by atoms with Crippen LogP contribution >= 0.6 is 0 Å². The van der Waals surface area contributed by atoms with Gasteiger partial charge in [-0.15, -0.1) is 0 Å². The summed E-state index contributed by atoms with van der Waals surface area (Å²) >= 11 is 0. The fraction of sp³-hybridized carbons (Fsp3) is 0.571. The molecule has 0 saturated heterocycles. The van der Waals surface area contributed by atoms with Crippen molar-refractivity contribution in [1.29, 1.82) is 0 Å². The lowest BCUT2D eigenvalue weighted by atomic mass is 10.0. The lowest BCUT2D eigenvalue weighted by Crippen LogP contribution is -2.36. The van der Waals surface area contributed by atoms with Crippen LogP contribution in [0.4, 0.5) is 13.2 Å². The number of hydrogen-bond acceptors (Lipinski definition) is 1. The molecule has 0 heterocycles. The minimum absolute atomic E-state index is 0.418. The van der Waals surface area contributed by atoms with E-state index in [1.165, 1.54) is 0 Å². The Morgan fingerprint density at radius 1 is 1.28 bits per heavy atom. The Morgan fingerprint density at radius 2 is 2.00 bits per heavy atom. The summed E-state index contributed by atoms with van der Waals surface area (Å²) in [6.45, 7) is 4.51. The number of alkyl halides is 3. The highest BCUT2D eigenvalue weighted by atomic mass is 19.4. The van der Waals surface area contributed by atoms with Gasteiger partial charge in [-0.1, -0.05) is 36.8 Å². The highest BCUT2D eigenvalue weighted by Gasteiger charge is 2.31. The van der Waals surface area contributed by atoms with Crippen molar-refractivity contribution in [3.8, 4) is 0 Å². The molecule has 1 unspecified atom stereocenters. The zero-order valence-corrected chi connectivity index (χ0v) is 10.8. The van der Waals surface area contributed by atoms with E-state index in [-0.39, 0.29) is 0 Å². The summed E-state index contributed by atoms with van der Waals surface area (Å²) in [5.74, 6) is 0. The molecule has 1 atom stereocenters. The molecule has 0 aliphatic rings. The van der Waals surface area contributed by atoms with Crippen LogP contribution in [0.2, 0.25) is 0 Å². The van der Waals surface area contributed by atoms with Crippen molar-refractivity contribution in [3.63, 3.8) is 0 Å². The van der Waals surface area contributed by atoms with Crippen LogP contribution in [0.3, 0.4) is 0 Å². The van der Waals surface area contributed by atoms with Crippen molar-refractivity contribution in [1.82, 2.24) is 5.32 Å². The molecule has 1 rings (SSSR count). The van der Waals surface area contributed by atoms with Gasteiger partial charge in [-0.05, 0) is 31.9 Å². The molecule has 4 heteroatoms. The second kappa shape index (κ2) is 6.78. The van der Waals surface area contributed by atoms with Crippen molar-refractivity contribution in [2.45, 2.75) is 45.3 Å². The van der Waals surface area contributed by atoms with Crippen LogP contribution in [-0.4, -0.2) is 18.8 Å². The van der Waals surface area contributed by atoms with Crippen LogP contribution in [0.5, 0.6) is 0 Å². The third-order valence-corrected chi connectivity index (χ3v) is 2.73. The van der Waals surface area contributed by atoms with Crippen LogP contribution in [0.1, 0.15) is 30.9 Å². The minimum Gasteiger partial charge on any atom is -0.313 e. The molecular weight excluding hydrogens is 239 g/mol. The Kier molecular flexibility index (Phi) is 5.66. The summed E-state index contributed by atoms with van der Waals surface area (Å²) in [5, 5.41) is 2.97. The van der Waals surface area contributed by atoms with Gasteiger partial charge in [0.05, 0.1) is 6.42 Å². The molecule has 0 radical (unpaired) electrons. The first kappa shape index (κ1) is 15.0. The molecule has 0 aliphatic carbocycles. The normalized spacial score (nSPS) is 13.6. The van der Waals surface area contributed by atoms with E-state index in [0.29, 0.717) is 13.0 Å². The van der Waals surface area contributed by atoms with E-state index in [0.717, 1.165) is 17.5 Å². The van der Waals surface area contributed by atoms with E-state index in [4.69, 9.17) is 0 Å². The SMILES string of the molecule is CCCNC(Cc1cccc(C)c1)CC(F)(F)F. The first-order valence-corrected chi connectivity index (χ1v) is 6.26. The van der Waals surface area contributed by atoms with Gasteiger partial charge in [-0.2, -0.15) is 13.2 Å². The zero-order chi connectivity index (χ0) is 13.6. The molecule has 0 aliphatic heterocycles. The number of halogens is 3. The quantitative estimate of drug-likeness (QED) is 0.818. The molecule has 1 aromatic rings. The van der Waals surface area contributed by atoms with Crippen molar-refractivity contribution in [2.75, 3.05) is 6.54 Å².